The summed E-state index contributed by atoms with van der Waals surface area (Å²) in [5, 5.41) is 3.79. The number of amides is 2. The standard InChI is InChI=1S/C24H28Cl2N2O4/c1-4-20(24(30)27-15(2)3)28(13-17-5-8-18(25)19(26)11-17)23(29)10-7-16-6-9-21-22(12-16)32-14-31-21/h5-6,8-9,11-12,15,20H,4,7,10,13-14H2,1-3H3,(H,27,30). The number of benzene rings is 2. The van der Waals surface area contributed by atoms with E-state index in [9.17, 15) is 9.59 Å². The molecule has 6 nitrogen and oxygen atoms in total. The van der Waals surface area contributed by atoms with E-state index in [1.807, 2.05) is 45.0 Å². The molecule has 0 saturated carbocycles. The van der Waals surface area contributed by atoms with Crippen molar-refractivity contribution in [1.82, 2.24) is 10.2 Å². The van der Waals surface area contributed by atoms with Crippen molar-refractivity contribution in [1.29, 1.82) is 0 Å². The molecule has 2 aromatic carbocycles. The Balaban J connectivity index is 1.78. The van der Waals surface area contributed by atoms with Crippen LogP contribution in [0, 0.1) is 0 Å². The van der Waals surface area contributed by atoms with Gasteiger partial charge in [0.1, 0.15) is 6.04 Å². The highest BCUT2D eigenvalue weighted by Crippen LogP contribution is 2.33. The summed E-state index contributed by atoms with van der Waals surface area (Å²) in [5.74, 6) is 1.11. The molecule has 8 heteroatoms. The maximum Gasteiger partial charge on any atom is 0.243 e. The number of rotatable bonds is 9. The Morgan fingerprint density at radius 1 is 1.03 bits per heavy atom. The first-order valence-corrected chi connectivity index (χ1v) is 11.5. The Morgan fingerprint density at radius 2 is 1.75 bits per heavy atom. The second kappa shape index (κ2) is 10.9. The number of nitrogens with zero attached hydrogens (tertiary/aromatic N) is 1. The molecule has 1 aliphatic rings. The molecule has 0 saturated heterocycles. The van der Waals surface area contributed by atoms with Crippen LogP contribution in [0.4, 0.5) is 0 Å². The van der Waals surface area contributed by atoms with Crippen LogP contribution >= 0.6 is 23.2 Å². The van der Waals surface area contributed by atoms with Crippen molar-refractivity contribution in [2.45, 2.75) is 58.7 Å². The fraction of sp³-hybridized carbons (Fsp3) is 0.417. The molecule has 1 aliphatic heterocycles. The highest BCUT2D eigenvalue weighted by Gasteiger charge is 2.29. The summed E-state index contributed by atoms with van der Waals surface area (Å²) < 4.78 is 10.8. The van der Waals surface area contributed by atoms with E-state index in [4.69, 9.17) is 32.7 Å². The van der Waals surface area contributed by atoms with Gasteiger partial charge in [-0.3, -0.25) is 9.59 Å². The number of ether oxygens (including phenoxy) is 2. The van der Waals surface area contributed by atoms with Gasteiger partial charge in [0.2, 0.25) is 18.6 Å². The average Bonchev–Trinajstić information content (AvgIpc) is 3.21. The maximum atomic E-state index is 13.3. The monoisotopic (exact) mass is 478 g/mol. The minimum absolute atomic E-state index is 0.0212. The van der Waals surface area contributed by atoms with E-state index < -0.39 is 6.04 Å². The fourth-order valence-electron chi connectivity index (χ4n) is 3.63. The van der Waals surface area contributed by atoms with Gasteiger partial charge in [-0.2, -0.15) is 0 Å². The molecule has 1 unspecified atom stereocenters. The van der Waals surface area contributed by atoms with Crippen molar-refractivity contribution in [2.75, 3.05) is 6.79 Å². The molecule has 0 spiro atoms. The molecule has 32 heavy (non-hydrogen) atoms. The summed E-state index contributed by atoms with van der Waals surface area (Å²) in [6.45, 7) is 6.17. The lowest BCUT2D eigenvalue weighted by Crippen LogP contribution is -2.50. The number of carbonyl (C=O) groups is 2. The fourth-order valence-corrected chi connectivity index (χ4v) is 3.95. The van der Waals surface area contributed by atoms with Crippen LogP contribution in [-0.2, 0) is 22.6 Å². The molecular weight excluding hydrogens is 451 g/mol. The highest BCUT2D eigenvalue weighted by atomic mass is 35.5. The smallest absolute Gasteiger partial charge is 0.243 e. The number of fused-ring (bicyclic) bond motifs is 1. The first-order valence-electron chi connectivity index (χ1n) is 10.7. The summed E-state index contributed by atoms with van der Waals surface area (Å²) in [6.07, 6.45) is 1.28. The van der Waals surface area contributed by atoms with Crippen molar-refractivity contribution < 1.29 is 19.1 Å². The Labute approximate surface area is 198 Å². The van der Waals surface area contributed by atoms with E-state index >= 15 is 0 Å². The van der Waals surface area contributed by atoms with Crippen molar-refractivity contribution in [3.05, 3.63) is 57.6 Å². The molecule has 0 fully saturated rings. The largest absolute Gasteiger partial charge is 0.454 e. The first-order chi connectivity index (χ1) is 15.3. The van der Waals surface area contributed by atoms with Crippen LogP contribution in [-0.4, -0.2) is 35.6 Å². The summed E-state index contributed by atoms with van der Waals surface area (Å²) >= 11 is 12.2. The van der Waals surface area contributed by atoms with E-state index in [2.05, 4.69) is 5.32 Å². The van der Waals surface area contributed by atoms with Crippen LogP contribution in [0.3, 0.4) is 0 Å². The lowest BCUT2D eigenvalue weighted by atomic mass is 10.1. The number of carbonyl (C=O) groups excluding carboxylic acids is 2. The highest BCUT2D eigenvalue weighted by molar-refractivity contribution is 6.42. The molecule has 1 N–H and O–H groups in total. The number of hydrogen-bond acceptors (Lipinski definition) is 4. The van der Waals surface area contributed by atoms with Gasteiger partial charge in [-0.15, -0.1) is 0 Å². The number of aryl methyl sites for hydroxylation is 1. The average molecular weight is 479 g/mol. The van der Waals surface area contributed by atoms with Crippen LogP contribution in [0.1, 0.15) is 44.7 Å². The Morgan fingerprint density at radius 3 is 2.44 bits per heavy atom. The van der Waals surface area contributed by atoms with Crippen molar-refractivity contribution in [3.8, 4) is 11.5 Å². The zero-order chi connectivity index (χ0) is 23.3. The molecule has 1 heterocycles. The van der Waals surface area contributed by atoms with E-state index in [1.54, 1.807) is 17.0 Å². The predicted octanol–water partition coefficient (Wildman–Crippen LogP) is 4.99. The van der Waals surface area contributed by atoms with E-state index in [1.165, 1.54) is 0 Å². The molecule has 2 aromatic rings. The summed E-state index contributed by atoms with van der Waals surface area (Å²) in [5.41, 5.74) is 1.78. The number of nitrogens with one attached hydrogen (secondary N) is 1. The van der Waals surface area contributed by atoms with Crippen LogP contribution in [0.25, 0.3) is 0 Å². The SMILES string of the molecule is CCC(C(=O)NC(C)C)N(Cc1ccc(Cl)c(Cl)c1)C(=O)CCc1ccc2c(c1)OCO2. The van der Waals surface area contributed by atoms with Crippen LogP contribution in [0.2, 0.25) is 10.0 Å². The zero-order valence-corrected chi connectivity index (χ0v) is 20.0. The van der Waals surface area contributed by atoms with Crippen LogP contribution < -0.4 is 14.8 Å². The molecule has 0 radical (unpaired) electrons. The van der Waals surface area contributed by atoms with Gasteiger partial charge in [0.15, 0.2) is 11.5 Å². The summed E-state index contributed by atoms with van der Waals surface area (Å²) in [7, 11) is 0. The Hall–Kier alpha value is -2.44. The van der Waals surface area contributed by atoms with Gasteiger partial charge < -0.3 is 19.7 Å². The van der Waals surface area contributed by atoms with Gasteiger partial charge in [0.05, 0.1) is 10.0 Å². The van der Waals surface area contributed by atoms with Crippen molar-refractivity contribution >= 4 is 35.0 Å². The first kappa shape index (κ1) is 24.2. The lowest BCUT2D eigenvalue weighted by Gasteiger charge is -2.31. The molecular formula is C24H28Cl2N2O4. The quantitative estimate of drug-likeness (QED) is 0.551. The normalized spacial score (nSPS) is 13.2. The molecule has 0 bridgehead atoms. The van der Waals surface area contributed by atoms with Gasteiger partial charge in [0.25, 0.3) is 0 Å². The second-order valence-corrected chi connectivity index (χ2v) is 8.86. The molecule has 172 valence electrons. The van der Waals surface area contributed by atoms with Crippen molar-refractivity contribution in [2.24, 2.45) is 0 Å². The summed E-state index contributed by atoms with van der Waals surface area (Å²) in [6, 6.07) is 10.3. The van der Waals surface area contributed by atoms with Crippen LogP contribution in [0.15, 0.2) is 36.4 Å². The third-order valence-electron chi connectivity index (χ3n) is 5.22. The predicted molar refractivity (Wildman–Crippen MR) is 125 cm³/mol. The van der Waals surface area contributed by atoms with Gasteiger partial charge >= 0.3 is 0 Å². The number of hydrogen-bond donors (Lipinski definition) is 1. The van der Waals surface area contributed by atoms with Gasteiger partial charge in [0, 0.05) is 19.0 Å². The molecule has 1 atom stereocenters. The topological polar surface area (TPSA) is 67.9 Å². The molecule has 2 amide bonds. The van der Waals surface area contributed by atoms with E-state index in [0.717, 1.165) is 11.1 Å². The van der Waals surface area contributed by atoms with Gasteiger partial charge in [-0.05, 0) is 62.1 Å². The summed E-state index contributed by atoms with van der Waals surface area (Å²) in [4.78, 5) is 27.8. The second-order valence-electron chi connectivity index (χ2n) is 8.05. The molecule has 0 aliphatic carbocycles. The Bertz CT molecular complexity index is 980. The lowest BCUT2D eigenvalue weighted by molar-refractivity contribution is -0.141. The molecule has 0 aromatic heterocycles. The molecule has 3 rings (SSSR count). The van der Waals surface area contributed by atoms with E-state index in [0.29, 0.717) is 34.4 Å². The van der Waals surface area contributed by atoms with Gasteiger partial charge in [-0.1, -0.05) is 42.3 Å². The van der Waals surface area contributed by atoms with Crippen LogP contribution in [0.5, 0.6) is 11.5 Å². The number of halogens is 2. The van der Waals surface area contributed by atoms with E-state index in [-0.39, 0.29) is 37.6 Å². The van der Waals surface area contributed by atoms with Gasteiger partial charge in [-0.25, -0.2) is 0 Å². The zero-order valence-electron chi connectivity index (χ0n) is 18.5. The minimum Gasteiger partial charge on any atom is -0.454 e. The third-order valence-corrected chi connectivity index (χ3v) is 5.96. The third kappa shape index (κ3) is 6.08. The van der Waals surface area contributed by atoms with Crippen molar-refractivity contribution in [3.63, 3.8) is 0 Å². The minimum atomic E-state index is -0.587. The Kier molecular flexibility index (Phi) is 8.26. The maximum absolute atomic E-state index is 13.3.